The molecule has 0 unspecified atom stereocenters. The Labute approximate surface area is 174 Å². The second kappa shape index (κ2) is 9.97. The van der Waals surface area contributed by atoms with Crippen LogP contribution in [-0.2, 0) is 4.79 Å². The fraction of sp³-hybridized carbons (Fsp3) is 0.130. The summed E-state index contributed by atoms with van der Waals surface area (Å²) in [5.41, 5.74) is 1.32. The van der Waals surface area contributed by atoms with Gasteiger partial charge in [-0.2, -0.15) is 0 Å². The van der Waals surface area contributed by atoms with E-state index in [0.29, 0.717) is 34.2 Å². The molecule has 0 aliphatic rings. The molecule has 0 fully saturated rings. The molecule has 7 nitrogen and oxygen atoms in total. The number of nitrogens with one attached hydrogen (secondary N) is 2. The summed E-state index contributed by atoms with van der Waals surface area (Å²) in [6.45, 7) is -0.165. The van der Waals surface area contributed by atoms with Crippen LogP contribution in [0, 0.1) is 0 Å². The molecule has 3 aromatic carbocycles. The van der Waals surface area contributed by atoms with Crippen LogP contribution in [0.3, 0.4) is 0 Å². The van der Waals surface area contributed by atoms with Gasteiger partial charge in [0.1, 0.15) is 17.2 Å². The van der Waals surface area contributed by atoms with E-state index in [9.17, 15) is 9.59 Å². The lowest BCUT2D eigenvalue weighted by molar-refractivity contribution is -0.118. The van der Waals surface area contributed by atoms with Gasteiger partial charge in [-0.15, -0.1) is 0 Å². The summed E-state index contributed by atoms with van der Waals surface area (Å²) >= 11 is 0. The summed E-state index contributed by atoms with van der Waals surface area (Å²) < 4.78 is 16.2. The highest BCUT2D eigenvalue weighted by atomic mass is 16.5. The van der Waals surface area contributed by atoms with Crippen molar-refractivity contribution in [3.8, 4) is 17.2 Å². The SMILES string of the molecule is COc1cc(NC(=O)c2ccccc2)c(OC)cc1NC(=O)COc1ccccc1. The molecule has 154 valence electrons. The Balaban J connectivity index is 1.74. The zero-order valence-corrected chi connectivity index (χ0v) is 16.7. The second-order valence-corrected chi connectivity index (χ2v) is 6.22. The lowest BCUT2D eigenvalue weighted by Gasteiger charge is -2.16. The smallest absolute Gasteiger partial charge is 0.262 e. The van der Waals surface area contributed by atoms with Gasteiger partial charge in [0.2, 0.25) is 0 Å². The summed E-state index contributed by atoms with van der Waals surface area (Å²) in [6.07, 6.45) is 0. The Bertz CT molecular complexity index is 1010. The van der Waals surface area contributed by atoms with E-state index in [1.807, 2.05) is 24.3 Å². The normalized spacial score (nSPS) is 10.1. The van der Waals surface area contributed by atoms with Crippen LogP contribution in [0.15, 0.2) is 72.8 Å². The molecule has 30 heavy (non-hydrogen) atoms. The Kier molecular flexibility index (Phi) is 6.89. The first-order chi connectivity index (χ1) is 14.6. The van der Waals surface area contributed by atoms with Crippen LogP contribution in [0.1, 0.15) is 10.4 Å². The lowest BCUT2D eigenvalue weighted by atomic mass is 10.2. The van der Waals surface area contributed by atoms with Crippen LogP contribution >= 0.6 is 0 Å². The Morgan fingerprint density at radius 2 is 1.30 bits per heavy atom. The van der Waals surface area contributed by atoms with E-state index in [1.54, 1.807) is 48.5 Å². The fourth-order valence-corrected chi connectivity index (χ4v) is 2.73. The molecule has 3 aromatic rings. The molecular formula is C23H22N2O5. The standard InChI is InChI=1S/C23H22N2O5/c1-28-20-14-19(25-23(27)16-9-5-3-6-10-16)21(29-2)13-18(20)24-22(26)15-30-17-11-7-4-8-12-17/h3-14H,15H2,1-2H3,(H,24,26)(H,25,27). The molecule has 0 aliphatic heterocycles. The van der Waals surface area contributed by atoms with Gasteiger partial charge < -0.3 is 24.8 Å². The van der Waals surface area contributed by atoms with E-state index < -0.39 is 0 Å². The van der Waals surface area contributed by atoms with Crippen LogP contribution in [0.2, 0.25) is 0 Å². The monoisotopic (exact) mass is 406 g/mol. The Hall–Kier alpha value is -4.00. The number of rotatable bonds is 8. The molecule has 0 radical (unpaired) electrons. The predicted molar refractivity (Wildman–Crippen MR) is 115 cm³/mol. The van der Waals surface area contributed by atoms with Gasteiger partial charge in [-0.3, -0.25) is 9.59 Å². The quantitative estimate of drug-likeness (QED) is 0.591. The van der Waals surface area contributed by atoms with Crippen molar-refractivity contribution >= 4 is 23.2 Å². The Morgan fingerprint density at radius 3 is 1.87 bits per heavy atom. The maximum atomic E-state index is 12.5. The summed E-state index contributed by atoms with van der Waals surface area (Å²) in [5, 5.41) is 5.54. The number of ether oxygens (including phenoxy) is 3. The largest absolute Gasteiger partial charge is 0.494 e. The third-order valence-electron chi connectivity index (χ3n) is 4.19. The van der Waals surface area contributed by atoms with Gasteiger partial charge in [0, 0.05) is 17.7 Å². The highest BCUT2D eigenvalue weighted by molar-refractivity contribution is 6.05. The molecule has 0 saturated carbocycles. The number of amides is 2. The molecule has 0 saturated heterocycles. The number of carbonyl (C=O) groups is 2. The zero-order valence-electron chi connectivity index (χ0n) is 16.7. The molecular weight excluding hydrogens is 384 g/mol. The summed E-state index contributed by atoms with van der Waals surface area (Å²) in [6, 6.07) is 21.0. The molecule has 3 rings (SSSR count). The average molecular weight is 406 g/mol. The molecule has 0 spiro atoms. The van der Waals surface area contributed by atoms with Crippen molar-refractivity contribution in [2.24, 2.45) is 0 Å². The number of carbonyl (C=O) groups excluding carboxylic acids is 2. The van der Waals surface area contributed by atoms with E-state index >= 15 is 0 Å². The predicted octanol–water partition coefficient (Wildman–Crippen LogP) is 3.97. The maximum Gasteiger partial charge on any atom is 0.262 e. The number of para-hydroxylation sites is 1. The molecule has 0 aliphatic carbocycles. The average Bonchev–Trinajstić information content (AvgIpc) is 2.79. The second-order valence-electron chi connectivity index (χ2n) is 6.22. The van der Waals surface area contributed by atoms with Crippen LogP contribution in [0.25, 0.3) is 0 Å². The molecule has 0 aromatic heterocycles. The third kappa shape index (κ3) is 5.29. The lowest BCUT2D eigenvalue weighted by Crippen LogP contribution is -2.20. The van der Waals surface area contributed by atoms with Gasteiger partial charge in [-0.25, -0.2) is 0 Å². The molecule has 2 amide bonds. The van der Waals surface area contributed by atoms with Crippen molar-refractivity contribution in [3.63, 3.8) is 0 Å². The first-order valence-electron chi connectivity index (χ1n) is 9.21. The summed E-state index contributed by atoms with van der Waals surface area (Å²) in [4.78, 5) is 24.8. The van der Waals surface area contributed by atoms with Crippen molar-refractivity contribution in [1.29, 1.82) is 0 Å². The van der Waals surface area contributed by atoms with Crippen LogP contribution < -0.4 is 24.8 Å². The summed E-state index contributed by atoms with van der Waals surface area (Å²) in [7, 11) is 2.95. The first kappa shape index (κ1) is 20.7. The fourth-order valence-electron chi connectivity index (χ4n) is 2.73. The van der Waals surface area contributed by atoms with E-state index in [0.717, 1.165) is 0 Å². The van der Waals surface area contributed by atoms with E-state index in [-0.39, 0.29) is 18.4 Å². The molecule has 2 N–H and O–H groups in total. The minimum atomic E-state index is -0.361. The van der Waals surface area contributed by atoms with Crippen molar-refractivity contribution in [2.75, 3.05) is 31.5 Å². The number of anilines is 2. The van der Waals surface area contributed by atoms with E-state index in [4.69, 9.17) is 14.2 Å². The van der Waals surface area contributed by atoms with Gasteiger partial charge >= 0.3 is 0 Å². The van der Waals surface area contributed by atoms with Crippen LogP contribution in [0.5, 0.6) is 17.2 Å². The number of benzene rings is 3. The van der Waals surface area contributed by atoms with Gasteiger partial charge in [0.05, 0.1) is 25.6 Å². The highest BCUT2D eigenvalue weighted by Crippen LogP contribution is 2.36. The van der Waals surface area contributed by atoms with Crippen molar-refractivity contribution < 1.29 is 23.8 Å². The molecule has 0 bridgehead atoms. The Morgan fingerprint density at radius 1 is 0.767 bits per heavy atom. The molecule has 0 atom stereocenters. The number of methoxy groups -OCH3 is 2. The molecule has 7 heteroatoms. The zero-order chi connectivity index (χ0) is 21.3. The summed E-state index contributed by atoms with van der Waals surface area (Å²) in [5.74, 6) is 0.687. The number of hydrogen-bond acceptors (Lipinski definition) is 5. The molecule has 0 heterocycles. The van der Waals surface area contributed by atoms with Crippen molar-refractivity contribution in [1.82, 2.24) is 0 Å². The van der Waals surface area contributed by atoms with Gasteiger partial charge in [0.25, 0.3) is 11.8 Å². The van der Waals surface area contributed by atoms with E-state index in [2.05, 4.69) is 10.6 Å². The van der Waals surface area contributed by atoms with Crippen molar-refractivity contribution in [2.45, 2.75) is 0 Å². The minimum absolute atomic E-state index is 0.165. The topological polar surface area (TPSA) is 85.9 Å². The van der Waals surface area contributed by atoms with Gasteiger partial charge in [-0.1, -0.05) is 36.4 Å². The van der Waals surface area contributed by atoms with Gasteiger partial charge in [-0.05, 0) is 24.3 Å². The highest BCUT2D eigenvalue weighted by Gasteiger charge is 2.16. The maximum absolute atomic E-state index is 12.5. The van der Waals surface area contributed by atoms with Crippen LogP contribution in [0.4, 0.5) is 11.4 Å². The first-order valence-corrected chi connectivity index (χ1v) is 9.21. The minimum Gasteiger partial charge on any atom is -0.494 e. The van der Waals surface area contributed by atoms with Crippen LogP contribution in [-0.4, -0.2) is 32.6 Å². The number of hydrogen-bond donors (Lipinski definition) is 2. The van der Waals surface area contributed by atoms with Crippen molar-refractivity contribution in [3.05, 3.63) is 78.4 Å². The third-order valence-corrected chi connectivity index (χ3v) is 4.19. The van der Waals surface area contributed by atoms with Gasteiger partial charge in [0.15, 0.2) is 6.61 Å². The van der Waals surface area contributed by atoms with E-state index in [1.165, 1.54) is 14.2 Å².